The predicted molar refractivity (Wildman–Crippen MR) is 64.8 cm³/mol. The van der Waals surface area contributed by atoms with Crippen molar-refractivity contribution in [3.05, 3.63) is 17.5 Å². The van der Waals surface area contributed by atoms with Crippen molar-refractivity contribution in [2.45, 2.75) is 63.8 Å². The minimum atomic E-state index is -4.40. The predicted octanol–water partition coefficient (Wildman–Crippen LogP) is 3.50. The molecule has 0 bridgehead atoms. The summed E-state index contributed by atoms with van der Waals surface area (Å²) in [5.74, 6) is -0.00421. The van der Waals surface area contributed by atoms with Gasteiger partial charge in [0.05, 0.1) is 12.1 Å². The Labute approximate surface area is 110 Å². The maximum absolute atomic E-state index is 12.8. The van der Waals surface area contributed by atoms with E-state index in [9.17, 15) is 18.3 Å². The summed E-state index contributed by atoms with van der Waals surface area (Å²) in [6.45, 7) is 3.73. The molecule has 1 fully saturated rings. The molecule has 0 unspecified atom stereocenters. The van der Waals surface area contributed by atoms with E-state index in [-0.39, 0.29) is 18.1 Å². The van der Waals surface area contributed by atoms with Gasteiger partial charge in [0, 0.05) is 5.69 Å². The fourth-order valence-electron chi connectivity index (χ4n) is 2.57. The van der Waals surface area contributed by atoms with Crippen molar-refractivity contribution in [3.63, 3.8) is 0 Å². The van der Waals surface area contributed by atoms with Gasteiger partial charge >= 0.3 is 6.18 Å². The van der Waals surface area contributed by atoms with Gasteiger partial charge in [-0.1, -0.05) is 13.8 Å². The van der Waals surface area contributed by atoms with Crippen LogP contribution in [-0.4, -0.2) is 21.0 Å². The Balaban J connectivity index is 2.30. The highest BCUT2D eigenvalue weighted by atomic mass is 19.4. The zero-order chi connectivity index (χ0) is 14.2. The Morgan fingerprint density at radius 3 is 2.32 bits per heavy atom. The van der Waals surface area contributed by atoms with Gasteiger partial charge in [-0.3, -0.25) is 4.68 Å². The molecule has 1 N–H and O–H groups in total. The zero-order valence-corrected chi connectivity index (χ0v) is 11.1. The summed E-state index contributed by atoms with van der Waals surface area (Å²) < 4.78 is 39.8. The normalized spacial score (nSPS) is 25.0. The van der Waals surface area contributed by atoms with Crippen LogP contribution in [0.15, 0.2) is 6.07 Å². The van der Waals surface area contributed by atoms with Crippen molar-refractivity contribution in [2.75, 3.05) is 0 Å². The first-order valence-corrected chi connectivity index (χ1v) is 6.63. The number of hydrogen-bond acceptors (Lipinski definition) is 2. The van der Waals surface area contributed by atoms with Gasteiger partial charge in [0.15, 0.2) is 5.69 Å². The van der Waals surface area contributed by atoms with Crippen molar-refractivity contribution >= 4 is 0 Å². The maximum atomic E-state index is 12.8. The lowest BCUT2D eigenvalue weighted by atomic mass is 9.93. The fraction of sp³-hybridized carbons (Fsp3) is 0.769. The molecular formula is C13H19F3N2O. The Bertz CT molecular complexity index is 432. The van der Waals surface area contributed by atoms with Gasteiger partial charge in [0.1, 0.15) is 0 Å². The van der Waals surface area contributed by atoms with Gasteiger partial charge < -0.3 is 5.11 Å². The number of alkyl halides is 3. The second-order valence-electron chi connectivity index (χ2n) is 5.51. The topological polar surface area (TPSA) is 38.0 Å². The first kappa shape index (κ1) is 14.4. The zero-order valence-electron chi connectivity index (χ0n) is 11.1. The highest BCUT2D eigenvalue weighted by Gasteiger charge is 2.36. The minimum Gasteiger partial charge on any atom is -0.393 e. The first-order valence-electron chi connectivity index (χ1n) is 6.63. The van der Waals surface area contributed by atoms with Gasteiger partial charge in [0.2, 0.25) is 0 Å². The molecule has 1 aliphatic rings. The number of aliphatic hydroxyl groups is 1. The lowest BCUT2D eigenvalue weighted by Crippen LogP contribution is -2.23. The van der Waals surface area contributed by atoms with Gasteiger partial charge in [-0.15, -0.1) is 0 Å². The molecule has 0 atom stereocenters. The van der Waals surface area contributed by atoms with Crippen LogP contribution >= 0.6 is 0 Å². The third-order valence-electron chi connectivity index (χ3n) is 3.66. The molecule has 0 aromatic carbocycles. The van der Waals surface area contributed by atoms with E-state index >= 15 is 0 Å². The average molecular weight is 276 g/mol. The molecule has 0 spiro atoms. The molecule has 0 amide bonds. The number of hydrogen-bond donors (Lipinski definition) is 1. The molecule has 0 saturated heterocycles. The van der Waals surface area contributed by atoms with Crippen molar-refractivity contribution in [3.8, 4) is 0 Å². The van der Waals surface area contributed by atoms with Crippen LogP contribution in [0, 0.1) is 0 Å². The van der Waals surface area contributed by atoms with E-state index in [0.717, 1.165) is 6.07 Å². The SMILES string of the molecule is CC(C)c1cc(C(F)(F)F)nn1C1CCC(O)CC1. The number of rotatable bonds is 2. The number of nitrogens with zero attached hydrogens (tertiary/aromatic N) is 2. The summed E-state index contributed by atoms with van der Waals surface area (Å²) in [5, 5.41) is 13.2. The summed E-state index contributed by atoms with van der Waals surface area (Å²) in [5.41, 5.74) is -0.198. The van der Waals surface area contributed by atoms with E-state index < -0.39 is 11.9 Å². The van der Waals surface area contributed by atoms with Gasteiger partial charge in [0.25, 0.3) is 0 Å². The van der Waals surface area contributed by atoms with E-state index in [2.05, 4.69) is 5.10 Å². The summed E-state index contributed by atoms with van der Waals surface area (Å²) in [6.07, 6.45) is -2.10. The van der Waals surface area contributed by atoms with Crippen molar-refractivity contribution in [2.24, 2.45) is 0 Å². The molecule has 1 aromatic rings. The van der Waals surface area contributed by atoms with Crippen LogP contribution in [0.1, 0.15) is 62.9 Å². The van der Waals surface area contributed by atoms with E-state index in [1.807, 2.05) is 13.8 Å². The quantitative estimate of drug-likeness (QED) is 0.897. The summed E-state index contributed by atoms with van der Waals surface area (Å²) in [6, 6.07) is 1.12. The highest BCUT2D eigenvalue weighted by Crippen LogP contribution is 2.35. The van der Waals surface area contributed by atoms with Crippen LogP contribution in [0.4, 0.5) is 13.2 Å². The maximum Gasteiger partial charge on any atom is 0.435 e. The average Bonchev–Trinajstić information content (AvgIpc) is 2.74. The van der Waals surface area contributed by atoms with Crippen LogP contribution < -0.4 is 0 Å². The highest BCUT2D eigenvalue weighted by molar-refractivity contribution is 5.17. The first-order chi connectivity index (χ1) is 8.79. The van der Waals surface area contributed by atoms with E-state index in [0.29, 0.717) is 31.4 Å². The standard InChI is InChI=1S/C13H19F3N2O/c1-8(2)11-7-12(13(14,15)16)17-18(11)9-3-5-10(19)6-4-9/h7-10,19H,3-6H2,1-2H3. The smallest absolute Gasteiger partial charge is 0.393 e. The van der Waals surface area contributed by atoms with Crippen LogP contribution in [0.25, 0.3) is 0 Å². The van der Waals surface area contributed by atoms with Gasteiger partial charge in [-0.25, -0.2) is 0 Å². The van der Waals surface area contributed by atoms with Crippen molar-refractivity contribution < 1.29 is 18.3 Å². The van der Waals surface area contributed by atoms with Gasteiger partial charge in [-0.2, -0.15) is 18.3 Å². The molecule has 1 aliphatic carbocycles. The van der Waals surface area contributed by atoms with E-state index in [4.69, 9.17) is 0 Å². The number of aliphatic hydroxyl groups excluding tert-OH is 1. The number of aromatic nitrogens is 2. The molecule has 3 nitrogen and oxygen atoms in total. The van der Waals surface area contributed by atoms with Crippen LogP contribution in [0.3, 0.4) is 0 Å². The largest absolute Gasteiger partial charge is 0.435 e. The van der Waals surface area contributed by atoms with Crippen LogP contribution in [0.2, 0.25) is 0 Å². The molecular weight excluding hydrogens is 257 g/mol. The van der Waals surface area contributed by atoms with Crippen molar-refractivity contribution in [1.82, 2.24) is 9.78 Å². The lowest BCUT2D eigenvalue weighted by Gasteiger charge is -2.27. The van der Waals surface area contributed by atoms with E-state index in [1.54, 1.807) is 0 Å². The Morgan fingerprint density at radius 1 is 1.26 bits per heavy atom. The van der Waals surface area contributed by atoms with Crippen LogP contribution in [-0.2, 0) is 6.18 Å². The molecule has 108 valence electrons. The summed E-state index contributed by atoms with van der Waals surface area (Å²) in [7, 11) is 0. The molecule has 0 radical (unpaired) electrons. The molecule has 1 aromatic heterocycles. The molecule has 2 rings (SSSR count). The third-order valence-corrected chi connectivity index (χ3v) is 3.66. The second kappa shape index (κ2) is 5.15. The fourth-order valence-corrected chi connectivity index (χ4v) is 2.57. The molecule has 19 heavy (non-hydrogen) atoms. The minimum absolute atomic E-state index is 0.00421. The third kappa shape index (κ3) is 3.11. The lowest BCUT2D eigenvalue weighted by molar-refractivity contribution is -0.141. The Morgan fingerprint density at radius 2 is 1.84 bits per heavy atom. The molecule has 1 heterocycles. The monoisotopic (exact) mass is 276 g/mol. The second-order valence-corrected chi connectivity index (χ2v) is 5.51. The Hall–Kier alpha value is -1.04. The summed E-state index contributed by atoms with van der Waals surface area (Å²) in [4.78, 5) is 0. The molecule has 6 heteroatoms. The van der Waals surface area contributed by atoms with Gasteiger partial charge in [-0.05, 0) is 37.7 Å². The molecule has 0 aliphatic heterocycles. The Kier molecular flexibility index (Phi) is 3.90. The number of halogens is 3. The van der Waals surface area contributed by atoms with E-state index in [1.165, 1.54) is 4.68 Å². The van der Waals surface area contributed by atoms with Crippen molar-refractivity contribution in [1.29, 1.82) is 0 Å². The van der Waals surface area contributed by atoms with Crippen LogP contribution in [0.5, 0.6) is 0 Å². The summed E-state index contributed by atoms with van der Waals surface area (Å²) >= 11 is 0. The molecule has 1 saturated carbocycles.